The Morgan fingerprint density at radius 2 is 1.25 bits per heavy atom. The fourth-order valence-electron chi connectivity index (χ4n) is 3.72. The number of rotatable bonds is 21. The molecule has 0 unspecified atom stereocenters. The van der Waals surface area contributed by atoms with Gasteiger partial charge in [0.25, 0.3) is 0 Å². The quantitative estimate of drug-likeness (QED) is 0.105. The van der Waals surface area contributed by atoms with Crippen molar-refractivity contribution in [3.05, 3.63) is 60.9 Å². The maximum atomic E-state index is 11.0. The molecule has 0 radical (unpaired) electrons. The number of carboxylic acid groups (broad SMARTS) is 1. The van der Waals surface area contributed by atoms with Crippen LogP contribution >= 0.6 is 0 Å². The predicted octanol–water partition coefficient (Wildman–Crippen LogP) is 9.10. The molecule has 0 aliphatic heterocycles. The van der Waals surface area contributed by atoms with E-state index in [2.05, 4.69) is 69.0 Å². The second kappa shape index (κ2) is 22.2. The van der Waals surface area contributed by atoms with Gasteiger partial charge >= 0.3 is 5.97 Å². The molecule has 2 N–H and O–H groups in total. The van der Waals surface area contributed by atoms with Gasteiger partial charge in [0, 0.05) is 12.8 Å². The van der Waals surface area contributed by atoms with Crippen LogP contribution in [0.1, 0.15) is 104 Å². The second-order valence-electron chi connectivity index (χ2n) is 8.69. The van der Waals surface area contributed by atoms with Crippen LogP contribution in [0.4, 0.5) is 0 Å². The van der Waals surface area contributed by atoms with Gasteiger partial charge in [-0.3, -0.25) is 4.79 Å². The first-order valence-electron chi connectivity index (χ1n) is 12.8. The largest absolute Gasteiger partial charge is 0.513 e. The van der Waals surface area contributed by atoms with E-state index in [1.807, 2.05) is 0 Å². The summed E-state index contributed by atoms with van der Waals surface area (Å²) in [4.78, 5) is 11.0. The van der Waals surface area contributed by atoms with E-state index in [4.69, 9.17) is 10.2 Å². The molecule has 0 heterocycles. The van der Waals surface area contributed by atoms with Crippen LogP contribution < -0.4 is 0 Å². The van der Waals surface area contributed by atoms with Crippen LogP contribution in [0.5, 0.6) is 0 Å². The van der Waals surface area contributed by atoms with Gasteiger partial charge in [-0.05, 0) is 56.8 Å². The van der Waals surface area contributed by atoms with Crippen LogP contribution in [0.2, 0.25) is 0 Å². The van der Waals surface area contributed by atoms with Gasteiger partial charge in [0.15, 0.2) is 0 Å². The number of unbranched alkanes of at least 4 members (excludes halogenated alkanes) is 6. The molecule has 2 atom stereocenters. The van der Waals surface area contributed by atoms with Crippen LogP contribution in [0.15, 0.2) is 60.9 Å². The molecule has 0 spiro atoms. The Morgan fingerprint density at radius 3 is 1.78 bits per heavy atom. The molecule has 0 aliphatic carbocycles. The van der Waals surface area contributed by atoms with E-state index in [9.17, 15) is 4.79 Å². The zero-order valence-corrected chi connectivity index (χ0v) is 20.7. The Morgan fingerprint density at radius 1 is 0.719 bits per heavy atom. The molecule has 0 bridgehead atoms. The van der Waals surface area contributed by atoms with Crippen molar-refractivity contribution in [3.8, 4) is 0 Å². The summed E-state index contributed by atoms with van der Waals surface area (Å²) in [5, 5.41) is 18.2. The fraction of sp³-hybridized carbons (Fsp3) is 0.621. The molecule has 0 aromatic rings. The van der Waals surface area contributed by atoms with Gasteiger partial charge in [-0.1, -0.05) is 101 Å². The second-order valence-corrected chi connectivity index (χ2v) is 8.69. The number of hydrogen-bond donors (Lipinski definition) is 2. The van der Waals surface area contributed by atoms with E-state index >= 15 is 0 Å². The van der Waals surface area contributed by atoms with E-state index in [0.29, 0.717) is 24.7 Å². The Kier molecular flexibility index (Phi) is 20.8. The zero-order chi connectivity index (χ0) is 23.9. The first kappa shape index (κ1) is 30.0. The first-order chi connectivity index (χ1) is 15.5. The number of allylic oxidation sites excluding steroid dienone is 9. The lowest BCUT2D eigenvalue weighted by Gasteiger charge is -2.22. The lowest BCUT2D eigenvalue weighted by atomic mass is 9.83. The van der Waals surface area contributed by atoms with Crippen LogP contribution in [-0.2, 0) is 4.79 Å². The summed E-state index contributed by atoms with van der Waals surface area (Å²) >= 11 is 0. The summed E-state index contributed by atoms with van der Waals surface area (Å²) in [7, 11) is 0. The van der Waals surface area contributed by atoms with Gasteiger partial charge in [-0.25, -0.2) is 0 Å². The molecule has 0 fully saturated rings. The molecule has 0 saturated carbocycles. The SMILES string of the molecule is C=C(O)CCC/C=C/C=C/[C@@H](CCCCC)[C@@H](/C=C/C=C\CCCCC)CCCC(=O)O. The van der Waals surface area contributed by atoms with Crippen molar-refractivity contribution < 1.29 is 15.0 Å². The average molecular weight is 445 g/mol. The van der Waals surface area contributed by atoms with Crippen molar-refractivity contribution in [1.29, 1.82) is 0 Å². The zero-order valence-electron chi connectivity index (χ0n) is 20.7. The molecule has 0 saturated heterocycles. The van der Waals surface area contributed by atoms with Gasteiger partial charge in [-0.2, -0.15) is 0 Å². The van der Waals surface area contributed by atoms with Crippen molar-refractivity contribution in [1.82, 2.24) is 0 Å². The van der Waals surface area contributed by atoms with Crippen LogP contribution in [0.3, 0.4) is 0 Å². The summed E-state index contributed by atoms with van der Waals surface area (Å²) in [6.45, 7) is 7.97. The number of aliphatic hydroxyl groups is 1. The topological polar surface area (TPSA) is 57.5 Å². The highest BCUT2D eigenvalue weighted by molar-refractivity contribution is 5.66. The molecular weight excluding hydrogens is 396 g/mol. The van der Waals surface area contributed by atoms with E-state index in [1.165, 1.54) is 38.5 Å². The van der Waals surface area contributed by atoms with E-state index in [1.54, 1.807) is 0 Å². The summed E-state index contributed by atoms with van der Waals surface area (Å²) in [5.74, 6) is 0.311. The third-order valence-electron chi connectivity index (χ3n) is 5.64. The van der Waals surface area contributed by atoms with Crippen molar-refractivity contribution in [3.63, 3.8) is 0 Å². The van der Waals surface area contributed by atoms with Gasteiger partial charge in [0.2, 0.25) is 0 Å². The van der Waals surface area contributed by atoms with Crippen molar-refractivity contribution >= 4 is 5.97 Å². The minimum Gasteiger partial charge on any atom is -0.513 e. The Hall–Kier alpha value is -2.03. The minimum absolute atomic E-state index is 0.235. The van der Waals surface area contributed by atoms with Crippen LogP contribution in [0.25, 0.3) is 0 Å². The Labute approximate surface area is 197 Å². The molecule has 0 aromatic heterocycles. The van der Waals surface area contributed by atoms with Crippen LogP contribution in [0, 0.1) is 11.8 Å². The molecule has 32 heavy (non-hydrogen) atoms. The highest BCUT2D eigenvalue weighted by Crippen LogP contribution is 2.27. The summed E-state index contributed by atoms with van der Waals surface area (Å²) in [6, 6.07) is 0. The predicted molar refractivity (Wildman–Crippen MR) is 139 cm³/mol. The minimum atomic E-state index is -0.713. The Bertz CT molecular complexity index is 583. The van der Waals surface area contributed by atoms with Gasteiger partial charge in [0.1, 0.15) is 0 Å². The van der Waals surface area contributed by atoms with Crippen molar-refractivity contribution in [2.45, 2.75) is 104 Å². The lowest BCUT2D eigenvalue weighted by Crippen LogP contribution is -2.12. The summed E-state index contributed by atoms with van der Waals surface area (Å²) in [5.41, 5.74) is 0. The monoisotopic (exact) mass is 444 g/mol. The molecule has 0 amide bonds. The fourth-order valence-corrected chi connectivity index (χ4v) is 3.72. The van der Waals surface area contributed by atoms with Gasteiger partial charge in [-0.15, -0.1) is 0 Å². The summed E-state index contributed by atoms with van der Waals surface area (Å²) in [6.07, 6.45) is 31.5. The molecule has 0 aliphatic rings. The smallest absolute Gasteiger partial charge is 0.303 e. The standard InChI is InChI=1S/C29H48O3/c1-4-6-8-9-10-13-17-23-28(24-19-25-29(31)32)27(21-15-7-5-2)22-18-14-11-12-16-20-26(3)30/h10-11,13-14,17-18,22-23,27-28,30H,3-9,12,15-16,19-21,24-25H2,1-2H3,(H,31,32)/b13-10-,14-11+,22-18+,23-17+/t27-,28+/m1/s1. The number of carbonyl (C=O) groups is 1. The summed E-state index contributed by atoms with van der Waals surface area (Å²) < 4.78 is 0. The first-order valence-corrected chi connectivity index (χ1v) is 12.8. The van der Waals surface area contributed by atoms with Crippen molar-refractivity contribution in [2.24, 2.45) is 11.8 Å². The van der Waals surface area contributed by atoms with Gasteiger partial charge in [0.05, 0.1) is 5.76 Å². The van der Waals surface area contributed by atoms with Crippen LogP contribution in [-0.4, -0.2) is 16.2 Å². The molecule has 0 aromatic carbocycles. The maximum Gasteiger partial charge on any atom is 0.303 e. The third-order valence-corrected chi connectivity index (χ3v) is 5.64. The van der Waals surface area contributed by atoms with E-state index in [0.717, 1.165) is 32.1 Å². The number of aliphatic hydroxyl groups excluding tert-OH is 1. The normalized spacial score (nSPS) is 14.2. The number of carboxylic acids is 1. The molecule has 3 heteroatoms. The average Bonchev–Trinajstić information content (AvgIpc) is 2.75. The molecule has 0 rings (SSSR count). The van der Waals surface area contributed by atoms with E-state index < -0.39 is 5.97 Å². The lowest BCUT2D eigenvalue weighted by molar-refractivity contribution is -0.137. The highest BCUT2D eigenvalue weighted by atomic mass is 16.4. The maximum absolute atomic E-state index is 11.0. The van der Waals surface area contributed by atoms with Crippen molar-refractivity contribution in [2.75, 3.05) is 0 Å². The third kappa shape index (κ3) is 19.9. The molecular formula is C29H48O3. The molecule has 3 nitrogen and oxygen atoms in total. The number of aliphatic carboxylic acids is 1. The van der Waals surface area contributed by atoms with E-state index in [-0.39, 0.29) is 12.2 Å². The Balaban J connectivity index is 5.06. The molecule has 182 valence electrons. The highest BCUT2D eigenvalue weighted by Gasteiger charge is 2.16. The van der Waals surface area contributed by atoms with Gasteiger partial charge < -0.3 is 10.2 Å². The number of hydrogen-bond acceptors (Lipinski definition) is 2.